The summed E-state index contributed by atoms with van der Waals surface area (Å²) in [6, 6.07) is 13.9. The Bertz CT molecular complexity index is 993. The van der Waals surface area contributed by atoms with Gasteiger partial charge in [0.25, 0.3) is 11.7 Å². The minimum Gasteiger partial charge on any atom is -0.507 e. The normalized spacial score (nSPS) is 17.9. The molecule has 0 radical (unpaired) electrons. The van der Waals surface area contributed by atoms with Crippen molar-refractivity contribution in [2.75, 3.05) is 33.3 Å². The third kappa shape index (κ3) is 4.86. The second kappa shape index (κ2) is 10.5. The van der Waals surface area contributed by atoms with Gasteiger partial charge in [0.05, 0.1) is 18.7 Å². The first kappa shape index (κ1) is 23.5. The van der Waals surface area contributed by atoms with Crippen LogP contribution in [0.5, 0.6) is 5.75 Å². The Labute approximate surface area is 190 Å². The van der Waals surface area contributed by atoms with E-state index in [-0.39, 0.29) is 11.3 Å². The van der Waals surface area contributed by atoms with Crippen molar-refractivity contribution in [2.24, 2.45) is 0 Å². The van der Waals surface area contributed by atoms with Gasteiger partial charge in [-0.2, -0.15) is 0 Å². The number of benzene rings is 2. The molecule has 2 aromatic carbocycles. The van der Waals surface area contributed by atoms with Gasteiger partial charge >= 0.3 is 0 Å². The molecule has 1 unspecified atom stereocenters. The second-order valence-corrected chi connectivity index (χ2v) is 8.02. The molecule has 1 aliphatic heterocycles. The number of carbonyl (C=O) groups is 2. The Balaban J connectivity index is 2.04. The van der Waals surface area contributed by atoms with E-state index >= 15 is 0 Å². The lowest BCUT2D eigenvalue weighted by molar-refractivity contribution is -0.140. The van der Waals surface area contributed by atoms with Gasteiger partial charge in [0.15, 0.2) is 0 Å². The summed E-state index contributed by atoms with van der Waals surface area (Å²) < 4.78 is 5.36. The van der Waals surface area contributed by atoms with Crippen LogP contribution in [-0.4, -0.2) is 59.9 Å². The quantitative estimate of drug-likeness (QED) is 0.363. The molecule has 6 heteroatoms. The van der Waals surface area contributed by atoms with Crippen LogP contribution in [0.1, 0.15) is 43.0 Å². The maximum atomic E-state index is 13.1. The molecule has 0 bridgehead atoms. The van der Waals surface area contributed by atoms with Crippen molar-refractivity contribution < 1.29 is 19.4 Å². The minimum atomic E-state index is -0.664. The van der Waals surface area contributed by atoms with Crippen molar-refractivity contribution in [3.8, 4) is 5.75 Å². The van der Waals surface area contributed by atoms with E-state index < -0.39 is 17.7 Å². The highest BCUT2D eigenvalue weighted by Gasteiger charge is 2.45. The Morgan fingerprint density at radius 1 is 1.09 bits per heavy atom. The summed E-state index contributed by atoms with van der Waals surface area (Å²) >= 11 is 0. The van der Waals surface area contributed by atoms with Crippen molar-refractivity contribution in [1.29, 1.82) is 0 Å². The van der Waals surface area contributed by atoms with Gasteiger partial charge in [-0.15, -0.1) is 0 Å². The Morgan fingerprint density at radius 2 is 1.78 bits per heavy atom. The number of Topliss-reactive ketones (excluding diaryl/α,β-unsaturated/α-hetero) is 1. The minimum absolute atomic E-state index is 0.120. The van der Waals surface area contributed by atoms with E-state index in [2.05, 4.69) is 18.7 Å². The predicted molar refractivity (Wildman–Crippen MR) is 126 cm³/mol. The zero-order valence-corrected chi connectivity index (χ0v) is 19.3. The predicted octanol–water partition coefficient (Wildman–Crippen LogP) is 4.16. The summed E-state index contributed by atoms with van der Waals surface area (Å²) in [5.41, 5.74) is 2.42. The lowest BCUT2D eigenvalue weighted by atomic mass is 9.95. The number of aliphatic hydroxyl groups is 1. The van der Waals surface area contributed by atoms with E-state index in [0.29, 0.717) is 17.9 Å². The fourth-order valence-electron chi connectivity index (χ4n) is 4.14. The van der Waals surface area contributed by atoms with Gasteiger partial charge in [-0.3, -0.25) is 9.59 Å². The largest absolute Gasteiger partial charge is 0.507 e. The van der Waals surface area contributed by atoms with Crippen LogP contribution in [0.15, 0.2) is 54.1 Å². The molecule has 1 aliphatic rings. The summed E-state index contributed by atoms with van der Waals surface area (Å²) in [7, 11) is 1.58. The number of methoxy groups -OCH3 is 1. The SMILES string of the molecule is CCN(CC)CCCN1C(=O)C(=O)/C(=C(/O)c2ccc(C)cc2)C1c1cccc(OC)c1. The van der Waals surface area contributed by atoms with Crippen LogP contribution in [0.2, 0.25) is 0 Å². The molecule has 170 valence electrons. The van der Waals surface area contributed by atoms with Crippen molar-refractivity contribution in [1.82, 2.24) is 9.80 Å². The van der Waals surface area contributed by atoms with Crippen LogP contribution in [-0.2, 0) is 9.59 Å². The topological polar surface area (TPSA) is 70.1 Å². The van der Waals surface area contributed by atoms with Crippen LogP contribution >= 0.6 is 0 Å². The van der Waals surface area contributed by atoms with E-state index in [1.165, 1.54) is 0 Å². The summed E-state index contributed by atoms with van der Waals surface area (Å²) in [6.07, 6.45) is 0.736. The molecule has 1 fully saturated rings. The lowest BCUT2D eigenvalue weighted by Gasteiger charge is -2.27. The maximum Gasteiger partial charge on any atom is 0.295 e. The number of ketones is 1. The molecule has 0 aliphatic carbocycles. The molecule has 1 heterocycles. The highest BCUT2D eigenvalue weighted by molar-refractivity contribution is 6.46. The molecule has 3 rings (SSSR count). The van der Waals surface area contributed by atoms with E-state index in [1.807, 2.05) is 43.3 Å². The third-order valence-electron chi connectivity index (χ3n) is 6.04. The number of ether oxygens (including phenoxy) is 1. The van der Waals surface area contributed by atoms with Gasteiger partial charge in [0.2, 0.25) is 0 Å². The van der Waals surface area contributed by atoms with Gasteiger partial charge in [0.1, 0.15) is 11.5 Å². The van der Waals surface area contributed by atoms with Gasteiger partial charge in [-0.25, -0.2) is 0 Å². The van der Waals surface area contributed by atoms with Gasteiger partial charge in [-0.05, 0) is 50.7 Å². The number of rotatable bonds is 9. The van der Waals surface area contributed by atoms with Crippen molar-refractivity contribution in [3.05, 3.63) is 70.8 Å². The summed E-state index contributed by atoms with van der Waals surface area (Å²) in [4.78, 5) is 30.0. The van der Waals surface area contributed by atoms with Crippen molar-refractivity contribution in [3.63, 3.8) is 0 Å². The molecular formula is C26H32N2O4. The monoisotopic (exact) mass is 436 g/mol. The number of carbonyl (C=O) groups excluding carboxylic acids is 2. The molecule has 0 aromatic heterocycles. The molecule has 0 saturated carbocycles. The van der Waals surface area contributed by atoms with Crippen molar-refractivity contribution in [2.45, 2.75) is 33.2 Å². The van der Waals surface area contributed by atoms with Crippen molar-refractivity contribution >= 4 is 17.4 Å². The Morgan fingerprint density at radius 3 is 2.41 bits per heavy atom. The first-order valence-corrected chi connectivity index (χ1v) is 11.1. The number of hydrogen-bond donors (Lipinski definition) is 1. The van der Waals surface area contributed by atoms with Crippen LogP contribution in [0, 0.1) is 6.92 Å². The number of aliphatic hydroxyl groups excluding tert-OH is 1. The summed E-state index contributed by atoms with van der Waals surface area (Å²) in [5, 5.41) is 11.1. The van der Waals surface area contributed by atoms with Crippen LogP contribution < -0.4 is 4.74 Å². The van der Waals surface area contributed by atoms with E-state index in [4.69, 9.17) is 4.74 Å². The number of amides is 1. The van der Waals surface area contributed by atoms with Gasteiger partial charge in [-0.1, -0.05) is 55.8 Å². The lowest BCUT2D eigenvalue weighted by Crippen LogP contribution is -2.33. The molecule has 1 atom stereocenters. The van der Waals surface area contributed by atoms with Crippen LogP contribution in [0.25, 0.3) is 5.76 Å². The number of likely N-dealkylation sites (tertiary alicyclic amines) is 1. The number of nitrogens with zero attached hydrogens (tertiary/aromatic N) is 2. The molecule has 0 spiro atoms. The summed E-state index contributed by atoms with van der Waals surface area (Å²) in [5.74, 6) is -0.751. The van der Waals surface area contributed by atoms with Crippen LogP contribution in [0.3, 0.4) is 0 Å². The average molecular weight is 437 g/mol. The summed E-state index contributed by atoms with van der Waals surface area (Å²) in [6.45, 7) is 9.28. The average Bonchev–Trinajstić information content (AvgIpc) is 3.07. The fourth-order valence-corrected chi connectivity index (χ4v) is 4.14. The highest BCUT2D eigenvalue weighted by atomic mass is 16.5. The number of hydrogen-bond acceptors (Lipinski definition) is 5. The first-order valence-electron chi connectivity index (χ1n) is 11.1. The molecule has 32 heavy (non-hydrogen) atoms. The molecule has 6 nitrogen and oxygen atoms in total. The zero-order valence-electron chi connectivity index (χ0n) is 19.3. The second-order valence-electron chi connectivity index (χ2n) is 8.02. The van der Waals surface area contributed by atoms with E-state index in [1.54, 1.807) is 24.1 Å². The Hall–Kier alpha value is -3.12. The molecule has 1 amide bonds. The van der Waals surface area contributed by atoms with Gasteiger partial charge in [0, 0.05) is 12.1 Å². The maximum absolute atomic E-state index is 13.1. The fraction of sp³-hybridized carbons (Fsp3) is 0.385. The van der Waals surface area contributed by atoms with Gasteiger partial charge < -0.3 is 19.6 Å². The van der Waals surface area contributed by atoms with E-state index in [0.717, 1.165) is 37.2 Å². The third-order valence-corrected chi connectivity index (χ3v) is 6.04. The standard InChI is InChI=1S/C26H32N2O4/c1-5-27(6-2)15-8-16-28-23(20-9-7-10-21(17-20)32-4)22(25(30)26(28)31)24(29)19-13-11-18(3)12-14-19/h7,9-14,17,23,29H,5-6,8,15-16H2,1-4H3/b24-22+. The highest BCUT2D eigenvalue weighted by Crippen LogP contribution is 2.40. The Kier molecular flexibility index (Phi) is 7.70. The molecule has 1 saturated heterocycles. The van der Waals surface area contributed by atoms with E-state index in [9.17, 15) is 14.7 Å². The first-order chi connectivity index (χ1) is 15.4. The molecular weight excluding hydrogens is 404 g/mol. The molecule has 1 N–H and O–H groups in total. The number of aryl methyl sites for hydroxylation is 1. The smallest absolute Gasteiger partial charge is 0.295 e. The van der Waals surface area contributed by atoms with Crippen LogP contribution in [0.4, 0.5) is 0 Å². The zero-order chi connectivity index (χ0) is 23.3. The molecule has 2 aromatic rings.